The second kappa shape index (κ2) is 9.22. The first-order valence-corrected chi connectivity index (χ1v) is 10.9. The van der Waals surface area contributed by atoms with Gasteiger partial charge in [0.2, 0.25) is 5.91 Å². The van der Waals surface area contributed by atoms with E-state index in [1.54, 1.807) is 36.3 Å². The Labute approximate surface area is 185 Å². The highest BCUT2D eigenvalue weighted by atomic mass is 32.1. The monoisotopic (exact) mass is 436 g/mol. The molecule has 1 unspecified atom stereocenters. The van der Waals surface area contributed by atoms with Gasteiger partial charge in [-0.1, -0.05) is 24.3 Å². The van der Waals surface area contributed by atoms with E-state index in [-0.39, 0.29) is 11.8 Å². The largest absolute Gasteiger partial charge is 0.496 e. The van der Waals surface area contributed by atoms with Crippen LogP contribution in [0.1, 0.15) is 22.9 Å². The van der Waals surface area contributed by atoms with E-state index in [0.29, 0.717) is 30.9 Å². The van der Waals surface area contributed by atoms with E-state index in [4.69, 9.17) is 9.47 Å². The van der Waals surface area contributed by atoms with Crippen molar-refractivity contribution in [3.8, 4) is 11.5 Å². The number of fused-ring (bicyclic) bond motifs is 1. The molecule has 2 heterocycles. The Kier molecular flexibility index (Phi) is 6.23. The maximum absolute atomic E-state index is 12.9. The van der Waals surface area contributed by atoms with Gasteiger partial charge >= 0.3 is 0 Å². The Hall–Kier alpha value is -3.32. The van der Waals surface area contributed by atoms with Crippen LogP contribution in [-0.4, -0.2) is 29.9 Å². The van der Waals surface area contributed by atoms with Gasteiger partial charge in [-0.25, -0.2) is 0 Å². The van der Waals surface area contributed by atoms with E-state index in [0.717, 1.165) is 21.8 Å². The number of hydrogen-bond acceptors (Lipinski definition) is 5. The van der Waals surface area contributed by atoms with E-state index in [1.165, 1.54) is 0 Å². The number of carbonyl (C=O) groups excluding carboxylic acids is 2. The summed E-state index contributed by atoms with van der Waals surface area (Å²) < 4.78 is 11.3. The molecule has 2 amide bonds. The van der Waals surface area contributed by atoms with Crippen molar-refractivity contribution in [1.82, 2.24) is 4.90 Å². The number of ether oxygens (including phenoxy) is 2. The Morgan fingerprint density at radius 2 is 2.06 bits per heavy atom. The van der Waals surface area contributed by atoms with E-state index in [2.05, 4.69) is 5.32 Å². The maximum Gasteiger partial charge on any atom is 0.263 e. The highest BCUT2D eigenvalue weighted by Gasteiger charge is 2.28. The molecule has 6 nitrogen and oxygen atoms in total. The normalized spacial score (nSPS) is 15.6. The summed E-state index contributed by atoms with van der Waals surface area (Å²) in [6.45, 7) is 2.54. The Bertz CT molecular complexity index is 1080. The number of nitrogens with zero attached hydrogens (tertiary/aromatic N) is 1. The zero-order valence-electron chi connectivity index (χ0n) is 17.5. The summed E-state index contributed by atoms with van der Waals surface area (Å²) in [5.74, 6) is 1.22. The predicted molar refractivity (Wildman–Crippen MR) is 120 cm³/mol. The first-order chi connectivity index (χ1) is 15.0. The van der Waals surface area contributed by atoms with Crippen molar-refractivity contribution >= 4 is 28.8 Å². The third-order valence-corrected chi connectivity index (χ3v) is 6.01. The minimum atomic E-state index is -0.602. The van der Waals surface area contributed by atoms with Gasteiger partial charge in [0.05, 0.1) is 13.5 Å². The van der Waals surface area contributed by atoms with Gasteiger partial charge in [0.1, 0.15) is 11.5 Å². The standard InChI is InChI=1S/C24H24N2O4S/c1-16-24(28)26(14-17-6-3-4-8-21(17)29-2)15-18-12-19(9-10-22(18)30-16)25-23(27)13-20-7-5-11-31-20/h3-12,16H,13-15H2,1-2H3,(H,25,27). The lowest BCUT2D eigenvalue weighted by Crippen LogP contribution is -2.37. The zero-order chi connectivity index (χ0) is 21.8. The van der Waals surface area contributed by atoms with Crippen LogP contribution in [0.4, 0.5) is 5.69 Å². The lowest BCUT2D eigenvalue weighted by atomic mass is 10.1. The highest BCUT2D eigenvalue weighted by Crippen LogP contribution is 2.30. The minimum Gasteiger partial charge on any atom is -0.496 e. The lowest BCUT2D eigenvalue weighted by molar-refractivity contribution is -0.138. The van der Waals surface area contributed by atoms with Gasteiger partial charge in [0, 0.05) is 34.8 Å². The topological polar surface area (TPSA) is 67.9 Å². The summed E-state index contributed by atoms with van der Waals surface area (Å²) in [6.07, 6.45) is -0.268. The van der Waals surface area contributed by atoms with Crippen molar-refractivity contribution in [2.45, 2.75) is 32.5 Å². The average Bonchev–Trinajstić information content (AvgIpc) is 3.23. The number of hydrogen-bond donors (Lipinski definition) is 1. The molecule has 7 heteroatoms. The number of nitrogens with one attached hydrogen (secondary N) is 1. The smallest absolute Gasteiger partial charge is 0.263 e. The summed E-state index contributed by atoms with van der Waals surface area (Å²) in [5, 5.41) is 4.90. The van der Waals surface area contributed by atoms with Gasteiger partial charge in [0.15, 0.2) is 6.10 Å². The van der Waals surface area contributed by atoms with Crippen molar-refractivity contribution in [3.63, 3.8) is 0 Å². The number of carbonyl (C=O) groups is 2. The van der Waals surface area contributed by atoms with E-state index in [9.17, 15) is 9.59 Å². The van der Waals surface area contributed by atoms with Gasteiger partial charge in [0.25, 0.3) is 5.91 Å². The number of thiophene rings is 1. The van der Waals surface area contributed by atoms with Crippen LogP contribution < -0.4 is 14.8 Å². The molecule has 0 aliphatic carbocycles. The van der Waals surface area contributed by atoms with Crippen molar-refractivity contribution < 1.29 is 19.1 Å². The van der Waals surface area contributed by atoms with Crippen LogP contribution in [0, 0.1) is 0 Å². The Morgan fingerprint density at radius 3 is 2.84 bits per heavy atom. The van der Waals surface area contributed by atoms with Crippen LogP contribution in [-0.2, 0) is 29.1 Å². The summed E-state index contributed by atoms with van der Waals surface area (Å²) in [6, 6.07) is 17.0. The molecular formula is C24H24N2O4S. The number of anilines is 1. The molecule has 1 N–H and O–H groups in total. The molecule has 3 aromatic rings. The molecule has 0 saturated carbocycles. The molecule has 0 fully saturated rings. The van der Waals surface area contributed by atoms with Crippen molar-refractivity contribution in [3.05, 3.63) is 76.0 Å². The van der Waals surface area contributed by atoms with Gasteiger partial charge in [-0.15, -0.1) is 11.3 Å². The van der Waals surface area contributed by atoms with Crippen LogP contribution in [0.3, 0.4) is 0 Å². The molecule has 0 saturated heterocycles. The summed E-state index contributed by atoms with van der Waals surface area (Å²) in [7, 11) is 1.62. The lowest BCUT2D eigenvalue weighted by Gasteiger charge is -2.23. The molecule has 1 aromatic heterocycles. The number of para-hydroxylation sites is 1. The zero-order valence-corrected chi connectivity index (χ0v) is 18.3. The van der Waals surface area contributed by atoms with Gasteiger partial charge in [-0.2, -0.15) is 0 Å². The number of benzene rings is 2. The van der Waals surface area contributed by atoms with Crippen molar-refractivity contribution in [2.24, 2.45) is 0 Å². The summed E-state index contributed by atoms with van der Waals surface area (Å²) >= 11 is 1.56. The quantitative estimate of drug-likeness (QED) is 0.627. The van der Waals surface area contributed by atoms with E-state index < -0.39 is 6.10 Å². The van der Waals surface area contributed by atoms with Crippen molar-refractivity contribution in [2.75, 3.05) is 12.4 Å². The predicted octanol–water partition coefficient (Wildman–Crippen LogP) is 4.25. The molecule has 4 rings (SSSR count). The van der Waals surface area contributed by atoms with Crippen LogP contribution >= 0.6 is 11.3 Å². The van der Waals surface area contributed by atoms with Crippen LogP contribution in [0.2, 0.25) is 0 Å². The third kappa shape index (κ3) is 4.88. The first kappa shape index (κ1) is 20.9. The van der Waals surface area contributed by atoms with E-state index in [1.807, 2.05) is 53.9 Å². The molecule has 1 atom stereocenters. The number of methoxy groups -OCH3 is 1. The van der Waals surface area contributed by atoms with Gasteiger partial charge in [-0.05, 0) is 42.6 Å². The first-order valence-electron chi connectivity index (χ1n) is 10.1. The highest BCUT2D eigenvalue weighted by molar-refractivity contribution is 7.10. The fraction of sp³-hybridized carbons (Fsp3) is 0.250. The van der Waals surface area contributed by atoms with Crippen LogP contribution in [0.25, 0.3) is 0 Å². The molecule has 31 heavy (non-hydrogen) atoms. The average molecular weight is 437 g/mol. The van der Waals surface area contributed by atoms with Crippen LogP contribution in [0.5, 0.6) is 11.5 Å². The minimum absolute atomic E-state index is 0.0766. The van der Waals surface area contributed by atoms with Crippen LogP contribution in [0.15, 0.2) is 60.0 Å². The fourth-order valence-corrected chi connectivity index (χ4v) is 4.33. The second-order valence-corrected chi connectivity index (χ2v) is 8.43. The molecule has 0 bridgehead atoms. The Morgan fingerprint density at radius 1 is 1.23 bits per heavy atom. The maximum atomic E-state index is 12.9. The Balaban J connectivity index is 1.54. The molecular weight excluding hydrogens is 412 g/mol. The third-order valence-electron chi connectivity index (χ3n) is 5.14. The molecule has 2 aromatic carbocycles. The number of rotatable bonds is 6. The van der Waals surface area contributed by atoms with E-state index >= 15 is 0 Å². The molecule has 1 aliphatic rings. The summed E-state index contributed by atoms with van der Waals surface area (Å²) in [4.78, 5) is 28.1. The number of amides is 2. The fourth-order valence-electron chi connectivity index (χ4n) is 3.63. The second-order valence-electron chi connectivity index (χ2n) is 7.39. The summed E-state index contributed by atoms with van der Waals surface area (Å²) in [5.41, 5.74) is 2.46. The molecule has 0 radical (unpaired) electrons. The SMILES string of the molecule is COc1ccccc1CN1Cc2cc(NC(=O)Cc3cccs3)ccc2OC(C)C1=O. The molecule has 0 spiro atoms. The molecule has 160 valence electrons. The molecule has 1 aliphatic heterocycles. The van der Waals surface area contributed by atoms with Crippen molar-refractivity contribution in [1.29, 1.82) is 0 Å². The van der Waals surface area contributed by atoms with Gasteiger partial charge in [-0.3, -0.25) is 9.59 Å². The van der Waals surface area contributed by atoms with Gasteiger partial charge < -0.3 is 19.7 Å².